The van der Waals surface area contributed by atoms with Crippen molar-refractivity contribution in [3.63, 3.8) is 0 Å². The number of carbonyl (C=O) groups excluding carboxylic acids is 1. The Labute approximate surface area is 124 Å². The lowest BCUT2D eigenvalue weighted by Gasteiger charge is -2.07. The van der Waals surface area contributed by atoms with Crippen LogP contribution in [0.2, 0.25) is 5.02 Å². The zero-order chi connectivity index (χ0) is 14.5. The number of hydrogen-bond acceptors (Lipinski definition) is 2. The molecule has 20 heavy (non-hydrogen) atoms. The van der Waals surface area contributed by atoms with E-state index in [0.717, 1.165) is 17.7 Å². The predicted octanol–water partition coefficient (Wildman–Crippen LogP) is 4.67. The molecule has 0 heterocycles. The first-order chi connectivity index (χ1) is 9.61. The highest BCUT2D eigenvalue weighted by molar-refractivity contribution is 6.30. The van der Waals surface area contributed by atoms with Gasteiger partial charge in [0.2, 0.25) is 0 Å². The van der Waals surface area contributed by atoms with E-state index in [0.29, 0.717) is 22.8 Å². The second-order valence-electron chi connectivity index (χ2n) is 4.66. The normalized spacial score (nSPS) is 10.3. The molecule has 0 atom stereocenters. The van der Waals surface area contributed by atoms with Gasteiger partial charge < -0.3 is 4.74 Å². The molecular formula is C17H17ClO2. The molecule has 0 aliphatic rings. The topological polar surface area (TPSA) is 26.3 Å². The Morgan fingerprint density at radius 3 is 2.45 bits per heavy atom. The fourth-order valence-electron chi connectivity index (χ4n) is 1.96. The van der Waals surface area contributed by atoms with Crippen LogP contribution in [0.5, 0.6) is 5.75 Å². The number of ketones is 1. The number of carbonyl (C=O) groups is 1. The van der Waals surface area contributed by atoms with Crippen LogP contribution in [0.4, 0.5) is 0 Å². The highest BCUT2D eigenvalue weighted by Gasteiger charge is 2.12. The van der Waals surface area contributed by atoms with Crippen molar-refractivity contribution in [3.05, 3.63) is 64.2 Å². The van der Waals surface area contributed by atoms with Gasteiger partial charge in [0, 0.05) is 16.1 Å². The van der Waals surface area contributed by atoms with Gasteiger partial charge >= 0.3 is 0 Å². The molecule has 0 aliphatic heterocycles. The first-order valence-electron chi connectivity index (χ1n) is 6.65. The minimum atomic E-state index is 0.00112. The Hall–Kier alpha value is -1.80. The highest BCUT2D eigenvalue weighted by atomic mass is 35.5. The molecule has 0 amide bonds. The minimum Gasteiger partial charge on any atom is -0.494 e. The van der Waals surface area contributed by atoms with Crippen molar-refractivity contribution in [3.8, 4) is 5.75 Å². The molecule has 2 nitrogen and oxygen atoms in total. The lowest BCUT2D eigenvalue weighted by Crippen LogP contribution is -2.04. The number of hydrogen-bond donors (Lipinski definition) is 0. The highest BCUT2D eigenvalue weighted by Crippen LogP contribution is 2.20. The van der Waals surface area contributed by atoms with Crippen molar-refractivity contribution in [1.82, 2.24) is 0 Å². The van der Waals surface area contributed by atoms with Crippen LogP contribution in [0.3, 0.4) is 0 Å². The fourth-order valence-corrected chi connectivity index (χ4v) is 2.19. The molecule has 0 fully saturated rings. The number of aryl methyl sites for hydroxylation is 1. The van der Waals surface area contributed by atoms with E-state index >= 15 is 0 Å². The van der Waals surface area contributed by atoms with E-state index in [1.54, 1.807) is 30.3 Å². The van der Waals surface area contributed by atoms with Gasteiger partial charge in [-0.3, -0.25) is 4.79 Å². The third-order valence-corrected chi connectivity index (χ3v) is 3.26. The number of halogens is 1. The number of benzene rings is 2. The Bertz CT molecular complexity index is 603. The Balaban J connectivity index is 2.20. The monoisotopic (exact) mass is 288 g/mol. The standard InChI is InChI=1S/C17H17ClO2/c1-3-10-20-15-7-4-13(5-8-15)17(19)16-9-6-14(18)11-12(16)2/h4-9,11H,3,10H2,1-2H3. The van der Waals surface area contributed by atoms with E-state index in [1.807, 2.05) is 19.1 Å². The second kappa shape index (κ2) is 6.58. The quantitative estimate of drug-likeness (QED) is 0.748. The molecule has 0 bridgehead atoms. The third-order valence-electron chi connectivity index (χ3n) is 3.02. The molecular weight excluding hydrogens is 272 g/mol. The van der Waals surface area contributed by atoms with Gasteiger partial charge in [0.25, 0.3) is 0 Å². The third kappa shape index (κ3) is 3.40. The van der Waals surface area contributed by atoms with E-state index in [4.69, 9.17) is 16.3 Å². The van der Waals surface area contributed by atoms with Crippen LogP contribution in [0.1, 0.15) is 34.8 Å². The first-order valence-corrected chi connectivity index (χ1v) is 7.03. The molecule has 0 aromatic heterocycles. The second-order valence-corrected chi connectivity index (χ2v) is 5.10. The largest absolute Gasteiger partial charge is 0.494 e. The lowest BCUT2D eigenvalue weighted by molar-refractivity contribution is 0.103. The van der Waals surface area contributed by atoms with Crippen LogP contribution in [0.15, 0.2) is 42.5 Å². The summed E-state index contributed by atoms with van der Waals surface area (Å²) in [5, 5.41) is 0.641. The Morgan fingerprint density at radius 1 is 1.15 bits per heavy atom. The van der Waals surface area contributed by atoms with Crippen LogP contribution in [0.25, 0.3) is 0 Å². The SMILES string of the molecule is CCCOc1ccc(C(=O)c2ccc(Cl)cc2C)cc1. The summed E-state index contributed by atoms with van der Waals surface area (Å²) in [7, 11) is 0. The molecule has 0 unspecified atom stereocenters. The summed E-state index contributed by atoms with van der Waals surface area (Å²) in [6.45, 7) is 4.63. The Morgan fingerprint density at radius 2 is 1.85 bits per heavy atom. The molecule has 2 aromatic carbocycles. The van der Waals surface area contributed by atoms with Crippen molar-refractivity contribution in [2.75, 3.05) is 6.61 Å². The number of ether oxygens (including phenoxy) is 1. The summed E-state index contributed by atoms with van der Waals surface area (Å²) >= 11 is 5.91. The molecule has 3 heteroatoms. The van der Waals surface area contributed by atoms with Gasteiger partial charge in [-0.2, -0.15) is 0 Å². The van der Waals surface area contributed by atoms with Crippen LogP contribution in [-0.4, -0.2) is 12.4 Å². The predicted molar refractivity (Wildman–Crippen MR) is 81.8 cm³/mol. The molecule has 2 aromatic rings. The number of rotatable bonds is 5. The first kappa shape index (κ1) is 14.6. The van der Waals surface area contributed by atoms with Crippen molar-refractivity contribution >= 4 is 17.4 Å². The molecule has 104 valence electrons. The Kier molecular flexibility index (Phi) is 4.80. The van der Waals surface area contributed by atoms with E-state index in [9.17, 15) is 4.79 Å². The van der Waals surface area contributed by atoms with E-state index in [-0.39, 0.29) is 5.78 Å². The average molecular weight is 289 g/mol. The molecule has 2 rings (SSSR count). The molecule has 0 saturated heterocycles. The van der Waals surface area contributed by atoms with Gasteiger partial charge in [-0.25, -0.2) is 0 Å². The van der Waals surface area contributed by atoms with Crippen molar-refractivity contribution < 1.29 is 9.53 Å². The molecule has 0 aliphatic carbocycles. The van der Waals surface area contributed by atoms with Crippen LogP contribution < -0.4 is 4.74 Å². The van der Waals surface area contributed by atoms with Crippen molar-refractivity contribution in [2.45, 2.75) is 20.3 Å². The summed E-state index contributed by atoms with van der Waals surface area (Å²) < 4.78 is 5.51. The zero-order valence-corrected chi connectivity index (χ0v) is 12.4. The minimum absolute atomic E-state index is 0.00112. The average Bonchev–Trinajstić information content (AvgIpc) is 2.45. The summed E-state index contributed by atoms with van der Waals surface area (Å²) in [6, 6.07) is 12.5. The molecule has 0 spiro atoms. The van der Waals surface area contributed by atoms with Crippen LogP contribution >= 0.6 is 11.6 Å². The summed E-state index contributed by atoms with van der Waals surface area (Å²) in [6.07, 6.45) is 0.963. The van der Waals surface area contributed by atoms with E-state index < -0.39 is 0 Å². The van der Waals surface area contributed by atoms with Crippen LogP contribution in [-0.2, 0) is 0 Å². The summed E-state index contributed by atoms with van der Waals surface area (Å²) in [5.74, 6) is 0.789. The van der Waals surface area contributed by atoms with Gasteiger partial charge in [-0.15, -0.1) is 0 Å². The van der Waals surface area contributed by atoms with Gasteiger partial charge in [0.1, 0.15) is 5.75 Å². The van der Waals surface area contributed by atoms with Crippen molar-refractivity contribution in [2.24, 2.45) is 0 Å². The smallest absolute Gasteiger partial charge is 0.193 e. The maximum Gasteiger partial charge on any atom is 0.193 e. The van der Waals surface area contributed by atoms with Crippen molar-refractivity contribution in [1.29, 1.82) is 0 Å². The lowest BCUT2D eigenvalue weighted by atomic mass is 9.99. The summed E-state index contributed by atoms with van der Waals surface area (Å²) in [5.41, 5.74) is 2.21. The summed E-state index contributed by atoms with van der Waals surface area (Å²) in [4.78, 5) is 12.4. The van der Waals surface area contributed by atoms with Gasteiger partial charge in [0.15, 0.2) is 5.78 Å². The maximum atomic E-state index is 12.4. The zero-order valence-electron chi connectivity index (χ0n) is 11.7. The molecule has 0 saturated carbocycles. The van der Waals surface area contributed by atoms with E-state index in [1.165, 1.54) is 0 Å². The molecule has 0 radical (unpaired) electrons. The van der Waals surface area contributed by atoms with Gasteiger partial charge in [0.05, 0.1) is 6.61 Å². The molecule has 0 N–H and O–H groups in total. The van der Waals surface area contributed by atoms with Gasteiger partial charge in [-0.1, -0.05) is 18.5 Å². The van der Waals surface area contributed by atoms with Gasteiger partial charge in [-0.05, 0) is 61.4 Å². The van der Waals surface area contributed by atoms with Crippen LogP contribution in [0, 0.1) is 6.92 Å². The fraction of sp³-hybridized carbons (Fsp3) is 0.235. The van der Waals surface area contributed by atoms with E-state index in [2.05, 4.69) is 6.92 Å². The maximum absolute atomic E-state index is 12.4.